The highest BCUT2D eigenvalue weighted by atomic mass is 16.5. The van der Waals surface area contributed by atoms with Crippen molar-refractivity contribution >= 4 is 11.9 Å². The molecule has 0 aliphatic carbocycles. The summed E-state index contributed by atoms with van der Waals surface area (Å²) in [6, 6.07) is 16.7. The average Bonchev–Trinajstić information content (AvgIpc) is 2.59. The predicted molar refractivity (Wildman–Crippen MR) is 87.6 cm³/mol. The molecule has 2 rings (SSSR count). The Morgan fingerprint density at radius 3 is 2.32 bits per heavy atom. The number of rotatable bonds is 6. The van der Waals surface area contributed by atoms with Gasteiger partial charge >= 0.3 is 0 Å². The van der Waals surface area contributed by atoms with Crippen molar-refractivity contribution in [3.8, 4) is 5.75 Å². The third-order valence-electron chi connectivity index (χ3n) is 3.62. The summed E-state index contributed by atoms with van der Waals surface area (Å²) in [6.45, 7) is 1.73. The van der Waals surface area contributed by atoms with Gasteiger partial charge < -0.3 is 9.84 Å². The van der Waals surface area contributed by atoms with E-state index in [4.69, 9.17) is 4.74 Å². The number of aliphatic hydroxyl groups is 1. The number of carbonyl (C=O) groups excluding carboxylic acids is 1. The van der Waals surface area contributed by atoms with Gasteiger partial charge in [-0.25, -0.2) is 0 Å². The third-order valence-corrected chi connectivity index (χ3v) is 3.62. The zero-order valence-corrected chi connectivity index (χ0v) is 12.8. The number of benzene rings is 2. The first-order valence-corrected chi connectivity index (χ1v) is 7.21. The van der Waals surface area contributed by atoms with Crippen molar-refractivity contribution in [2.45, 2.75) is 13.0 Å². The molecular formula is C19H20O3. The standard InChI is InChI=1S/C19H20O3/c1-14(18(20)13-8-15-6-4-3-5-7-15)19(21)16-9-11-17(22-2)12-10-16/h3-14,19,21H,1-2H3/b13-8+. The highest BCUT2D eigenvalue weighted by molar-refractivity contribution is 5.95. The minimum absolute atomic E-state index is 0.104. The van der Waals surface area contributed by atoms with Gasteiger partial charge in [0.25, 0.3) is 0 Å². The largest absolute Gasteiger partial charge is 0.497 e. The number of ketones is 1. The van der Waals surface area contributed by atoms with Crippen LogP contribution in [0.2, 0.25) is 0 Å². The second kappa shape index (κ2) is 7.57. The summed E-state index contributed by atoms with van der Waals surface area (Å²) >= 11 is 0. The molecule has 3 heteroatoms. The van der Waals surface area contributed by atoms with Gasteiger partial charge in [-0.1, -0.05) is 55.5 Å². The molecule has 0 bridgehead atoms. The Bertz CT molecular complexity index is 629. The lowest BCUT2D eigenvalue weighted by Crippen LogP contribution is -2.17. The molecule has 1 N–H and O–H groups in total. The van der Waals surface area contributed by atoms with Crippen molar-refractivity contribution in [3.05, 3.63) is 71.8 Å². The molecule has 2 aromatic carbocycles. The molecule has 0 heterocycles. The van der Waals surface area contributed by atoms with E-state index in [-0.39, 0.29) is 5.78 Å². The van der Waals surface area contributed by atoms with E-state index in [9.17, 15) is 9.90 Å². The predicted octanol–water partition coefficient (Wildman–Crippen LogP) is 3.65. The topological polar surface area (TPSA) is 46.5 Å². The van der Waals surface area contributed by atoms with E-state index in [0.29, 0.717) is 5.56 Å². The van der Waals surface area contributed by atoms with Gasteiger partial charge in [0.2, 0.25) is 0 Å². The van der Waals surface area contributed by atoms with E-state index < -0.39 is 12.0 Å². The van der Waals surface area contributed by atoms with Crippen molar-refractivity contribution in [3.63, 3.8) is 0 Å². The number of methoxy groups -OCH3 is 1. The van der Waals surface area contributed by atoms with Crippen LogP contribution >= 0.6 is 0 Å². The molecule has 0 radical (unpaired) electrons. The number of hydrogen-bond acceptors (Lipinski definition) is 3. The zero-order valence-electron chi connectivity index (χ0n) is 12.8. The average molecular weight is 296 g/mol. The lowest BCUT2D eigenvalue weighted by Gasteiger charge is -2.17. The van der Waals surface area contributed by atoms with Crippen LogP contribution in [-0.2, 0) is 4.79 Å². The maximum Gasteiger partial charge on any atom is 0.161 e. The number of hydrogen-bond donors (Lipinski definition) is 1. The van der Waals surface area contributed by atoms with E-state index in [1.807, 2.05) is 30.3 Å². The highest BCUT2D eigenvalue weighted by Crippen LogP contribution is 2.25. The molecule has 2 unspecified atom stereocenters. The molecule has 22 heavy (non-hydrogen) atoms. The van der Waals surface area contributed by atoms with Gasteiger partial charge in [0.15, 0.2) is 5.78 Å². The molecule has 0 amide bonds. The van der Waals surface area contributed by atoms with Crippen LogP contribution in [0, 0.1) is 5.92 Å². The molecule has 0 aliphatic rings. The molecule has 0 spiro atoms. The number of ether oxygens (including phenoxy) is 1. The van der Waals surface area contributed by atoms with Gasteiger partial charge in [-0.3, -0.25) is 4.79 Å². The fraction of sp³-hybridized carbons (Fsp3) is 0.211. The number of allylic oxidation sites excluding steroid dienone is 1. The molecule has 0 saturated carbocycles. The minimum Gasteiger partial charge on any atom is -0.497 e. The first-order valence-electron chi connectivity index (χ1n) is 7.21. The first-order chi connectivity index (χ1) is 10.6. The number of aliphatic hydroxyl groups excluding tert-OH is 1. The smallest absolute Gasteiger partial charge is 0.161 e. The van der Waals surface area contributed by atoms with Crippen LogP contribution < -0.4 is 4.74 Å². The van der Waals surface area contributed by atoms with Gasteiger partial charge in [0.1, 0.15) is 5.75 Å². The van der Waals surface area contributed by atoms with Crippen LogP contribution in [0.25, 0.3) is 6.08 Å². The molecule has 0 aliphatic heterocycles. The normalized spacial score (nSPS) is 13.8. The van der Waals surface area contributed by atoms with Crippen molar-refractivity contribution in [1.29, 1.82) is 0 Å². The first kappa shape index (κ1) is 16.0. The quantitative estimate of drug-likeness (QED) is 0.828. The van der Waals surface area contributed by atoms with Gasteiger partial charge in [0.05, 0.1) is 13.2 Å². The Morgan fingerprint density at radius 1 is 1.09 bits per heavy atom. The molecule has 0 fully saturated rings. The number of carbonyl (C=O) groups is 1. The summed E-state index contributed by atoms with van der Waals surface area (Å²) in [4.78, 5) is 12.2. The van der Waals surface area contributed by atoms with Gasteiger partial charge in [-0.2, -0.15) is 0 Å². The second-order valence-corrected chi connectivity index (χ2v) is 5.15. The molecule has 0 aromatic heterocycles. The van der Waals surface area contributed by atoms with E-state index in [1.54, 1.807) is 44.4 Å². The summed E-state index contributed by atoms with van der Waals surface area (Å²) in [5, 5.41) is 10.3. The van der Waals surface area contributed by atoms with Gasteiger partial charge in [-0.05, 0) is 29.3 Å². The van der Waals surface area contributed by atoms with Crippen molar-refractivity contribution < 1.29 is 14.6 Å². The maximum absolute atomic E-state index is 12.2. The summed E-state index contributed by atoms with van der Waals surface area (Å²) in [6.07, 6.45) is 2.45. The SMILES string of the molecule is COc1ccc(C(O)C(C)C(=O)/C=C/c2ccccc2)cc1. The minimum atomic E-state index is -0.834. The molecule has 114 valence electrons. The third kappa shape index (κ3) is 4.06. The van der Waals surface area contributed by atoms with Gasteiger partial charge in [-0.15, -0.1) is 0 Å². The maximum atomic E-state index is 12.2. The van der Waals surface area contributed by atoms with E-state index in [1.165, 1.54) is 6.08 Å². The highest BCUT2D eigenvalue weighted by Gasteiger charge is 2.21. The Morgan fingerprint density at radius 2 is 1.73 bits per heavy atom. The summed E-state index contributed by atoms with van der Waals surface area (Å²) in [7, 11) is 1.59. The van der Waals surface area contributed by atoms with Crippen LogP contribution in [0.1, 0.15) is 24.2 Å². The van der Waals surface area contributed by atoms with Crippen molar-refractivity contribution in [2.24, 2.45) is 5.92 Å². The Hall–Kier alpha value is -2.39. The molecule has 2 atom stereocenters. The van der Waals surface area contributed by atoms with E-state index in [0.717, 1.165) is 11.3 Å². The lowest BCUT2D eigenvalue weighted by atomic mass is 9.93. The molecule has 0 saturated heterocycles. The van der Waals surface area contributed by atoms with E-state index >= 15 is 0 Å². The van der Waals surface area contributed by atoms with Crippen LogP contribution in [0.3, 0.4) is 0 Å². The van der Waals surface area contributed by atoms with Gasteiger partial charge in [0, 0.05) is 5.92 Å². The molecular weight excluding hydrogens is 276 g/mol. The summed E-state index contributed by atoms with van der Waals surface area (Å²) in [5.74, 6) is 0.111. The lowest BCUT2D eigenvalue weighted by molar-refractivity contribution is -0.120. The monoisotopic (exact) mass is 296 g/mol. The summed E-state index contributed by atoms with van der Waals surface area (Å²) < 4.78 is 5.08. The fourth-order valence-electron chi connectivity index (χ4n) is 2.14. The van der Waals surface area contributed by atoms with Crippen LogP contribution in [0.15, 0.2) is 60.7 Å². The van der Waals surface area contributed by atoms with Crippen LogP contribution in [0.5, 0.6) is 5.75 Å². The summed E-state index contributed by atoms with van der Waals surface area (Å²) in [5.41, 5.74) is 1.66. The molecule has 3 nitrogen and oxygen atoms in total. The second-order valence-electron chi connectivity index (χ2n) is 5.15. The Labute approximate surface area is 130 Å². The van der Waals surface area contributed by atoms with Crippen molar-refractivity contribution in [1.82, 2.24) is 0 Å². The van der Waals surface area contributed by atoms with Crippen LogP contribution in [0.4, 0.5) is 0 Å². The molecule has 2 aromatic rings. The van der Waals surface area contributed by atoms with Crippen molar-refractivity contribution in [2.75, 3.05) is 7.11 Å². The Balaban J connectivity index is 2.04. The fourth-order valence-corrected chi connectivity index (χ4v) is 2.14. The van der Waals surface area contributed by atoms with E-state index in [2.05, 4.69) is 0 Å². The van der Waals surface area contributed by atoms with Crippen LogP contribution in [-0.4, -0.2) is 18.0 Å². The Kier molecular flexibility index (Phi) is 5.50. The zero-order chi connectivity index (χ0) is 15.9.